The molecule has 120 valence electrons. The van der Waals surface area contributed by atoms with Gasteiger partial charge in [-0.2, -0.15) is 0 Å². The fourth-order valence-corrected chi connectivity index (χ4v) is 2.95. The third-order valence-corrected chi connectivity index (χ3v) is 5.06. The maximum Gasteiger partial charge on any atom is 0.0729 e. The predicted molar refractivity (Wildman–Crippen MR) is 84.9 cm³/mol. The van der Waals surface area contributed by atoms with E-state index in [1.165, 1.54) is 19.3 Å². The van der Waals surface area contributed by atoms with Crippen LogP contribution in [0.15, 0.2) is 0 Å². The molecule has 0 radical (unpaired) electrons. The van der Waals surface area contributed by atoms with Crippen molar-refractivity contribution in [3.05, 3.63) is 0 Å². The van der Waals surface area contributed by atoms with Crippen LogP contribution in [0.1, 0.15) is 66.2 Å². The van der Waals surface area contributed by atoms with E-state index >= 15 is 0 Å². The molecule has 1 aliphatic carbocycles. The first kappa shape index (κ1) is 17.9. The van der Waals surface area contributed by atoms with Gasteiger partial charge in [0, 0.05) is 12.6 Å². The van der Waals surface area contributed by atoms with E-state index in [9.17, 15) is 0 Å². The number of nitrogens with two attached hydrogens (primary N) is 1. The number of rotatable bonds is 9. The topological polar surface area (TPSA) is 44.5 Å². The van der Waals surface area contributed by atoms with Crippen molar-refractivity contribution in [3.63, 3.8) is 0 Å². The second kappa shape index (κ2) is 9.01. The van der Waals surface area contributed by atoms with Crippen LogP contribution in [0.25, 0.3) is 0 Å². The molecule has 2 N–H and O–H groups in total. The van der Waals surface area contributed by atoms with Crippen LogP contribution in [0.4, 0.5) is 0 Å². The lowest BCUT2D eigenvalue weighted by molar-refractivity contribution is -0.0440. The molecular formula is C17H35NO2. The van der Waals surface area contributed by atoms with Gasteiger partial charge in [-0.1, -0.05) is 40.5 Å². The van der Waals surface area contributed by atoms with Gasteiger partial charge in [0.2, 0.25) is 0 Å². The van der Waals surface area contributed by atoms with E-state index in [-0.39, 0.29) is 12.1 Å². The fraction of sp³-hybridized carbons (Fsp3) is 1.00. The zero-order chi connectivity index (χ0) is 15.0. The van der Waals surface area contributed by atoms with E-state index in [1.807, 2.05) is 0 Å². The molecule has 3 nitrogen and oxygen atoms in total. The van der Waals surface area contributed by atoms with Crippen molar-refractivity contribution in [2.45, 2.75) is 78.4 Å². The molecule has 0 saturated heterocycles. The molecule has 0 aliphatic heterocycles. The van der Waals surface area contributed by atoms with Crippen molar-refractivity contribution < 1.29 is 9.47 Å². The van der Waals surface area contributed by atoms with Gasteiger partial charge in [0.15, 0.2) is 0 Å². The van der Waals surface area contributed by atoms with Crippen molar-refractivity contribution in [2.75, 3.05) is 19.8 Å². The number of unbranched alkanes of at least 4 members (excludes halogenated alkanes) is 1. The van der Waals surface area contributed by atoms with Crippen LogP contribution in [0.2, 0.25) is 0 Å². The van der Waals surface area contributed by atoms with Crippen molar-refractivity contribution in [1.82, 2.24) is 0 Å². The Kier molecular flexibility index (Phi) is 8.08. The quantitative estimate of drug-likeness (QED) is 0.656. The molecule has 3 heteroatoms. The second-order valence-corrected chi connectivity index (χ2v) is 6.89. The summed E-state index contributed by atoms with van der Waals surface area (Å²) in [5.41, 5.74) is 6.62. The Morgan fingerprint density at radius 2 is 1.85 bits per heavy atom. The summed E-state index contributed by atoms with van der Waals surface area (Å²) in [5.74, 6) is 0.735. The lowest BCUT2D eigenvalue weighted by Gasteiger charge is -2.41. The zero-order valence-corrected chi connectivity index (χ0v) is 14.0. The molecule has 3 atom stereocenters. The van der Waals surface area contributed by atoms with Crippen LogP contribution in [0.5, 0.6) is 0 Å². The van der Waals surface area contributed by atoms with Crippen LogP contribution < -0.4 is 5.73 Å². The first-order valence-corrected chi connectivity index (χ1v) is 8.46. The van der Waals surface area contributed by atoms with E-state index in [2.05, 4.69) is 27.7 Å². The molecule has 0 heterocycles. The van der Waals surface area contributed by atoms with E-state index in [1.54, 1.807) is 0 Å². The molecule has 0 aromatic heterocycles. The molecule has 0 amide bonds. The molecular weight excluding hydrogens is 250 g/mol. The van der Waals surface area contributed by atoms with Crippen molar-refractivity contribution >= 4 is 0 Å². The van der Waals surface area contributed by atoms with Gasteiger partial charge in [0.1, 0.15) is 0 Å². The fourth-order valence-electron chi connectivity index (χ4n) is 2.95. The lowest BCUT2D eigenvalue weighted by atomic mass is 9.68. The van der Waals surface area contributed by atoms with Gasteiger partial charge in [-0.05, 0) is 37.0 Å². The summed E-state index contributed by atoms with van der Waals surface area (Å²) >= 11 is 0. The highest BCUT2D eigenvalue weighted by Gasteiger charge is 2.36. The number of hydrogen-bond acceptors (Lipinski definition) is 3. The van der Waals surface area contributed by atoms with Crippen LogP contribution in [0, 0.1) is 11.3 Å². The Balaban J connectivity index is 2.29. The van der Waals surface area contributed by atoms with Gasteiger partial charge in [0.05, 0.1) is 19.3 Å². The average Bonchev–Trinajstić information content (AvgIpc) is 2.44. The monoisotopic (exact) mass is 285 g/mol. The third-order valence-electron chi connectivity index (χ3n) is 5.06. The number of hydrogen-bond donors (Lipinski definition) is 1. The van der Waals surface area contributed by atoms with Crippen LogP contribution in [-0.2, 0) is 9.47 Å². The van der Waals surface area contributed by atoms with Crippen LogP contribution in [0.3, 0.4) is 0 Å². The van der Waals surface area contributed by atoms with Gasteiger partial charge < -0.3 is 15.2 Å². The molecule has 1 aliphatic rings. The van der Waals surface area contributed by atoms with E-state index in [0.717, 1.165) is 31.8 Å². The van der Waals surface area contributed by atoms with E-state index in [4.69, 9.17) is 15.2 Å². The average molecular weight is 285 g/mol. The molecule has 0 bridgehead atoms. The minimum absolute atomic E-state index is 0.203. The first-order chi connectivity index (χ1) is 9.51. The first-order valence-electron chi connectivity index (χ1n) is 8.46. The summed E-state index contributed by atoms with van der Waals surface area (Å²) < 4.78 is 11.5. The van der Waals surface area contributed by atoms with E-state index < -0.39 is 0 Å². The van der Waals surface area contributed by atoms with Gasteiger partial charge in [-0.25, -0.2) is 0 Å². The normalized spacial score (nSPS) is 27.8. The highest BCUT2D eigenvalue weighted by Crippen LogP contribution is 2.40. The summed E-state index contributed by atoms with van der Waals surface area (Å²) in [6.45, 7) is 11.4. The second-order valence-electron chi connectivity index (χ2n) is 6.89. The summed E-state index contributed by atoms with van der Waals surface area (Å²) in [6, 6.07) is 0.203. The highest BCUT2D eigenvalue weighted by atomic mass is 16.5. The predicted octanol–water partition coefficient (Wildman–Crippen LogP) is 3.75. The van der Waals surface area contributed by atoms with Crippen LogP contribution in [-0.4, -0.2) is 32.0 Å². The molecule has 20 heavy (non-hydrogen) atoms. The maximum atomic E-state index is 6.22. The highest BCUT2D eigenvalue weighted by molar-refractivity contribution is 4.89. The third kappa shape index (κ3) is 5.71. The summed E-state index contributed by atoms with van der Waals surface area (Å²) in [4.78, 5) is 0. The Hall–Kier alpha value is -0.120. The minimum atomic E-state index is 0.203. The lowest BCUT2D eigenvalue weighted by Crippen LogP contribution is -2.45. The van der Waals surface area contributed by atoms with Gasteiger partial charge in [-0.3, -0.25) is 0 Å². The Bertz CT molecular complexity index is 255. The van der Waals surface area contributed by atoms with Gasteiger partial charge >= 0.3 is 0 Å². The van der Waals surface area contributed by atoms with E-state index in [0.29, 0.717) is 18.6 Å². The van der Waals surface area contributed by atoms with Crippen molar-refractivity contribution in [1.29, 1.82) is 0 Å². The standard InChI is InChI=1S/C17H35NO2/c1-5-7-10-19-11-12-20-16-13-14(8-9-15(16)18)17(3,4)6-2/h14-16H,5-13,18H2,1-4H3. The van der Waals surface area contributed by atoms with Crippen molar-refractivity contribution in [2.24, 2.45) is 17.1 Å². The molecule has 1 rings (SSSR count). The van der Waals surface area contributed by atoms with Crippen LogP contribution >= 0.6 is 0 Å². The summed E-state index contributed by atoms with van der Waals surface area (Å²) in [7, 11) is 0. The zero-order valence-electron chi connectivity index (χ0n) is 14.0. The Labute approximate surface area is 125 Å². The SMILES string of the molecule is CCCCOCCOC1CC(C(C)(C)CC)CCC1N. The molecule has 1 fully saturated rings. The van der Waals surface area contributed by atoms with Gasteiger partial charge in [-0.15, -0.1) is 0 Å². The largest absolute Gasteiger partial charge is 0.379 e. The molecule has 1 saturated carbocycles. The Morgan fingerprint density at radius 3 is 2.50 bits per heavy atom. The number of ether oxygens (including phenoxy) is 2. The molecule has 3 unspecified atom stereocenters. The molecule has 0 aromatic rings. The maximum absolute atomic E-state index is 6.22. The molecule has 0 aromatic carbocycles. The smallest absolute Gasteiger partial charge is 0.0729 e. The Morgan fingerprint density at radius 1 is 1.10 bits per heavy atom. The summed E-state index contributed by atoms with van der Waals surface area (Å²) in [6.07, 6.45) is 7.20. The summed E-state index contributed by atoms with van der Waals surface area (Å²) in [5, 5.41) is 0. The molecule has 0 spiro atoms. The minimum Gasteiger partial charge on any atom is -0.379 e. The van der Waals surface area contributed by atoms with Crippen molar-refractivity contribution in [3.8, 4) is 0 Å². The van der Waals surface area contributed by atoms with Gasteiger partial charge in [0.25, 0.3) is 0 Å².